The number of nitrogens with zero attached hydrogens (tertiary/aromatic N) is 1. The van der Waals surface area contributed by atoms with Crippen LogP contribution in [0.15, 0.2) is 60.7 Å². The molecule has 0 aliphatic heterocycles. The summed E-state index contributed by atoms with van der Waals surface area (Å²) < 4.78 is 39.1. The van der Waals surface area contributed by atoms with Gasteiger partial charge >= 0.3 is 12.1 Å². The Morgan fingerprint density at radius 3 is 2.37 bits per heavy atom. The van der Waals surface area contributed by atoms with Crippen LogP contribution in [0.1, 0.15) is 11.1 Å². The second-order valence-electron chi connectivity index (χ2n) is 5.73. The molecule has 0 aliphatic rings. The van der Waals surface area contributed by atoms with Gasteiger partial charge in [0.25, 0.3) is 0 Å². The van der Waals surface area contributed by atoms with Crippen LogP contribution in [-0.4, -0.2) is 24.0 Å². The molecule has 0 saturated carbocycles. The Kier molecular flexibility index (Phi) is 6.23. The lowest BCUT2D eigenvalue weighted by molar-refractivity contribution is -0.137. The number of aliphatic carboxylic acids is 1. The maximum absolute atomic E-state index is 13.0. The fourth-order valence-electron chi connectivity index (χ4n) is 2.41. The number of carboxylic acid groups (broad SMARTS) is 1. The summed E-state index contributed by atoms with van der Waals surface area (Å²) in [4.78, 5) is 24.0. The molecule has 2 rings (SSSR count). The lowest BCUT2D eigenvalue weighted by Gasteiger charge is -2.23. The van der Waals surface area contributed by atoms with Crippen molar-refractivity contribution in [1.82, 2.24) is 0 Å². The highest BCUT2D eigenvalue weighted by atomic mass is 19.4. The van der Waals surface area contributed by atoms with E-state index < -0.39 is 23.6 Å². The summed E-state index contributed by atoms with van der Waals surface area (Å²) >= 11 is 0. The Hall–Kier alpha value is -3.29. The largest absolute Gasteiger partial charge is 0.478 e. The standard InChI is InChI=1S/C19H17F3N2O3/c1-24(12-13-5-3-2-4-6-13)16-8-7-14(19(20,21)22)11-15(16)23-17(25)9-10-18(26)27/h2-11H,12H2,1H3,(H,23,25)(H,26,27)/b10-9-. The molecule has 5 nitrogen and oxygen atoms in total. The molecule has 0 heterocycles. The summed E-state index contributed by atoms with van der Waals surface area (Å²) in [6.07, 6.45) is -3.23. The maximum Gasteiger partial charge on any atom is 0.416 e. The third-order valence-corrected chi connectivity index (χ3v) is 3.63. The summed E-state index contributed by atoms with van der Waals surface area (Å²) in [5.74, 6) is -2.18. The van der Waals surface area contributed by atoms with Gasteiger partial charge < -0.3 is 15.3 Å². The minimum atomic E-state index is -4.58. The lowest BCUT2D eigenvalue weighted by Crippen LogP contribution is -2.20. The van der Waals surface area contributed by atoms with Crippen LogP contribution in [0.2, 0.25) is 0 Å². The molecule has 0 bridgehead atoms. The Morgan fingerprint density at radius 1 is 1.11 bits per heavy atom. The van der Waals surface area contributed by atoms with Gasteiger partial charge in [-0.05, 0) is 23.8 Å². The van der Waals surface area contributed by atoms with Crippen LogP contribution in [0.4, 0.5) is 24.5 Å². The zero-order valence-electron chi connectivity index (χ0n) is 14.3. The summed E-state index contributed by atoms with van der Waals surface area (Å²) in [6, 6.07) is 12.3. The fraction of sp³-hybridized carbons (Fsp3) is 0.158. The molecule has 142 valence electrons. The third kappa shape index (κ3) is 5.88. The first kappa shape index (κ1) is 20.0. The Bertz CT molecular complexity index is 849. The van der Waals surface area contributed by atoms with E-state index in [0.29, 0.717) is 18.3 Å². The number of hydrogen-bond acceptors (Lipinski definition) is 3. The molecule has 1 amide bonds. The molecule has 0 atom stereocenters. The van der Waals surface area contributed by atoms with Crippen molar-refractivity contribution in [3.05, 3.63) is 71.8 Å². The molecule has 8 heteroatoms. The van der Waals surface area contributed by atoms with E-state index in [2.05, 4.69) is 5.32 Å². The highest BCUT2D eigenvalue weighted by Crippen LogP contribution is 2.35. The molecule has 0 aliphatic carbocycles. The zero-order chi connectivity index (χ0) is 20.0. The summed E-state index contributed by atoms with van der Waals surface area (Å²) in [5.41, 5.74) is 0.312. The molecule has 0 saturated heterocycles. The zero-order valence-corrected chi connectivity index (χ0v) is 14.3. The molecular weight excluding hydrogens is 361 g/mol. The van der Waals surface area contributed by atoms with Crippen LogP contribution in [0.3, 0.4) is 0 Å². The van der Waals surface area contributed by atoms with Gasteiger partial charge in [-0.2, -0.15) is 13.2 Å². The number of halogens is 3. The van der Waals surface area contributed by atoms with E-state index in [4.69, 9.17) is 5.11 Å². The van der Waals surface area contributed by atoms with E-state index in [0.717, 1.165) is 23.8 Å². The number of carbonyl (C=O) groups excluding carboxylic acids is 1. The number of nitrogens with one attached hydrogen (secondary N) is 1. The summed E-state index contributed by atoms with van der Waals surface area (Å²) in [6.45, 7) is 0.403. The molecule has 2 aromatic rings. The van der Waals surface area contributed by atoms with Crippen molar-refractivity contribution in [3.63, 3.8) is 0 Å². The van der Waals surface area contributed by atoms with Crippen molar-refractivity contribution in [1.29, 1.82) is 0 Å². The van der Waals surface area contributed by atoms with Gasteiger partial charge in [0.1, 0.15) is 0 Å². The van der Waals surface area contributed by atoms with E-state index in [1.807, 2.05) is 30.3 Å². The van der Waals surface area contributed by atoms with Crippen molar-refractivity contribution in [2.24, 2.45) is 0 Å². The predicted molar refractivity (Wildman–Crippen MR) is 95.4 cm³/mol. The van der Waals surface area contributed by atoms with Crippen molar-refractivity contribution >= 4 is 23.3 Å². The van der Waals surface area contributed by atoms with E-state index in [1.165, 1.54) is 6.07 Å². The number of amides is 1. The maximum atomic E-state index is 13.0. The van der Waals surface area contributed by atoms with Gasteiger partial charge in [-0.3, -0.25) is 4.79 Å². The average Bonchev–Trinajstić information content (AvgIpc) is 2.60. The molecule has 0 fully saturated rings. The number of hydrogen-bond donors (Lipinski definition) is 2. The van der Waals surface area contributed by atoms with Crippen LogP contribution in [0.25, 0.3) is 0 Å². The Morgan fingerprint density at radius 2 is 1.78 bits per heavy atom. The monoisotopic (exact) mass is 378 g/mol. The molecule has 0 spiro atoms. The summed E-state index contributed by atoms with van der Waals surface area (Å²) in [5, 5.41) is 10.9. The minimum absolute atomic E-state index is 0.0664. The fourth-order valence-corrected chi connectivity index (χ4v) is 2.41. The second-order valence-corrected chi connectivity index (χ2v) is 5.73. The number of carbonyl (C=O) groups is 2. The highest BCUT2D eigenvalue weighted by molar-refractivity contribution is 6.04. The van der Waals surface area contributed by atoms with Crippen molar-refractivity contribution in [3.8, 4) is 0 Å². The second kappa shape index (κ2) is 8.39. The van der Waals surface area contributed by atoms with Gasteiger partial charge in [0, 0.05) is 25.7 Å². The molecule has 2 aromatic carbocycles. The van der Waals surface area contributed by atoms with E-state index in [1.54, 1.807) is 11.9 Å². The Labute approximate surface area is 153 Å². The van der Waals surface area contributed by atoms with Gasteiger partial charge in [0.2, 0.25) is 5.91 Å². The smallest absolute Gasteiger partial charge is 0.416 e. The molecule has 0 radical (unpaired) electrons. The topological polar surface area (TPSA) is 69.6 Å². The third-order valence-electron chi connectivity index (χ3n) is 3.63. The number of anilines is 2. The van der Waals surface area contributed by atoms with Crippen molar-refractivity contribution < 1.29 is 27.9 Å². The van der Waals surface area contributed by atoms with E-state index in [-0.39, 0.29) is 5.69 Å². The van der Waals surface area contributed by atoms with E-state index in [9.17, 15) is 22.8 Å². The summed E-state index contributed by atoms with van der Waals surface area (Å²) in [7, 11) is 1.68. The molecule has 27 heavy (non-hydrogen) atoms. The van der Waals surface area contributed by atoms with E-state index >= 15 is 0 Å². The lowest BCUT2D eigenvalue weighted by atomic mass is 10.1. The minimum Gasteiger partial charge on any atom is -0.478 e. The molecule has 0 aromatic heterocycles. The van der Waals surface area contributed by atoms with Gasteiger partial charge in [0.15, 0.2) is 0 Å². The molecule has 0 unspecified atom stereocenters. The first-order chi connectivity index (χ1) is 12.7. The quantitative estimate of drug-likeness (QED) is 0.748. The van der Waals surface area contributed by atoms with Crippen LogP contribution < -0.4 is 10.2 Å². The van der Waals surface area contributed by atoms with Crippen molar-refractivity contribution in [2.75, 3.05) is 17.3 Å². The SMILES string of the molecule is CN(Cc1ccccc1)c1ccc(C(F)(F)F)cc1NC(=O)/C=C\C(=O)O. The highest BCUT2D eigenvalue weighted by Gasteiger charge is 2.31. The first-order valence-corrected chi connectivity index (χ1v) is 7.85. The number of alkyl halides is 3. The number of benzene rings is 2. The van der Waals surface area contributed by atoms with Gasteiger partial charge in [-0.25, -0.2) is 4.79 Å². The van der Waals surface area contributed by atoms with Crippen LogP contribution in [0, 0.1) is 0 Å². The Balaban J connectivity index is 2.34. The number of carboxylic acids is 1. The molecular formula is C19H17F3N2O3. The van der Waals surface area contributed by atoms with Crippen LogP contribution >= 0.6 is 0 Å². The average molecular weight is 378 g/mol. The number of rotatable bonds is 6. The molecule has 2 N–H and O–H groups in total. The normalized spacial score (nSPS) is 11.4. The first-order valence-electron chi connectivity index (χ1n) is 7.85. The predicted octanol–water partition coefficient (Wildman–Crippen LogP) is 3.92. The van der Waals surface area contributed by atoms with Crippen LogP contribution in [0.5, 0.6) is 0 Å². The van der Waals surface area contributed by atoms with Gasteiger partial charge in [-0.15, -0.1) is 0 Å². The van der Waals surface area contributed by atoms with Crippen molar-refractivity contribution in [2.45, 2.75) is 12.7 Å². The van der Waals surface area contributed by atoms with Gasteiger partial charge in [-0.1, -0.05) is 30.3 Å². The van der Waals surface area contributed by atoms with Crippen LogP contribution in [-0.2, 0) is 22.3 Å². The van der Waals surface area contributed by atoms with Gasteiger partial charge in [0.05, 0.1) is 16.9 Å².